The van der Waals surface area contributed by atoms with Crippen LogP contribution in [0.4, 0.5) is 0 Å². The van der Waals surface area contributed by atoms with E-state index in [9.17, 15) is 4.79 Å². The topological polar surface area (TPSA) is 65.1 Å². The number of aliphatic hydroxyl groups is 1. The van der Waals surface area contributed by atoms with E-state index in [-0.39, 0.29) is 18.6 Å². The van der Waals surface area contributed by atoms with Crippen LogP contribution in [0.15, 0.2) is 24.3 Å². The summed E-state index contributed by atoms with van der Waals surface area (Å²) in [7, 11) is 0. The molecule has 1 amide bonds. The standard InChI is InChI=1S/C16H19ClN2O2/c17-12-4-3-11-7-15(19-14(11)8-12)16(21)18-13-5-1-10(9-20)2-6-13/h3-4,7-8,10,13,19-20H,1-2,5-6,9H2,(H,18,21). The molecule has 1 fully saturated rings. The van der Waals surface area contributed by atoms with Crippen molar-refractivity contribution >= 4 is 28.4 Å². The number of aromatic nitrogens is 1. The predicted octanol–water partition coefficient (Wildman–Crippen LogP) is 3.10. The summed E-state index contributed by atoms with van der Waals surface area (Å²) in [6, 6.07) is 7.59. The molecule has 0 saturated heterocycles. The summed E-state index contributed by atoms with van der Waals surface area (Å²) in [5, 5.41) is 13.8. The van der Waals surface area contributed by atoms with Crippen LogP contribution in [0.25, 0.3) is 10.9 Å². The van der Waals surface area contributed by atoms with Crippen LogP contribution < -0.4 is 5.32 Å². The molecular weight excluding hydrogens is 288 g/mol. The van der Waals surface area contributed by atoms with Gasteiger partial charge in [0.1, 0.15) is 5.69 Å². The number of carbonyl (C=O) groups excluding carboxylic acids is 1. The largest absolute Gasteiger partial charge is 0.396 e. The second kappa shape index (κ2) is 6.08. The summed E-state index contributed by atoms with van der Waals surface area (Å²) in [4.78, 5) is 15.4. The number of amides is 1. The van der Waals surface area contributed by atoms with Gasteiger partial charge in [0.25, 0.3) is 5.91 Å². The maximum absolute atomic E-state index is 12.3. The first-order chi connectivity index (χ1) is 10.2. The van der Waals surface area contributed by atoms with Gasteiger partial charge in [-0.3, -0.25) is 4.79 Å². The van der Waals surface area contributed by atoms with E-state index in [2.05, 4.69) is 10.3 Å². The molecule has 5 heteroatoms. The summed E-state index contributed by atoms with van der Waals surface area (Å²) in [5.74, 6) is 0.322. The molecule has 21 heavy (non-hydrogen) atoms. The molecular formula is C16H19ClN2O2. The number of nitrogens with one attached hydrogen (secondary N) is 2. The smallest absolute Gasteiger partial charge is 0.267 e. The molecule has 1 aliphatic carbocycles. The molecule has 3 N–H and O–H groups in total. The minimum atomic E-state index is -0.0743. The molecule has 0 unspecified atom stereocenters. The fraction of sp³-hybridized carbons (Fsp3) is 0.438. The van der Waals surface area contributed by atoms with Gasteiger partial charge in [0.2, 0.25) is 0 Å². The van der Waals surface area contributed by atoms with E-state index in [1.54, 1.807) is 0 Å². The Kier molecular flexibility index (Phi) is 4.17. The fourth-order valence-corrected chi connectivity index (χ4v) is 3.15. The van der Waals surface area contributed by atoms with Crippen molar-refractivity contribution in [3.8, 4) is 0 Å². The van der Waals surface area contributed by atoms with Gasteiger partial charge in [-0.25, -0.2) is 0 Å². The van der Waals surface area contributed by atoms with Crippen molar-refractivity contribution in [1.29, 1.82) is 0 Å². The minimum absolute atomic E-state index is 0.0743. The Morgan fingerprint density at radius 2 is 2.05 bits per heavy atom. The summed E-state index contributed by atoms with van der Waals surface area (Å²) in [6.45, 7) is 0.253. The van der Waals surface area contributed by atoms with Gasteiger partial charge in [0, 0.05) is 28.6 Å². The van der Waals surface area contributed by atoms with Crippen molar-refractivity contribution in [1.82, 2.24) is 10.3 Å². The molecule has 1 aromatic carbocycles. The third-order valence-corrected chi connectivity index (χ3v) is 4.50. The normalized spacial score (nSPS) is 22.4. The summed E-state index contributed by atoms with van der Waals surface area (Å²) >= 11 is 5.95. The molecule has 1 aromatic heterocycles. The van der Waals surface area contributed by atoms with Gasteiger partial charge in [-0.05, 0) is 49.8 Å². The Balaban J connectivity index is 1.67. The Morgan fingerprint density at radius 3 is 2.76 bits per heavy atom. The van der Waals surface area contributed by atoms with Crippen LogP contribution in [0.2, 0.25) is 5.02 Å². The van der Waals surface area contributed by atoms with Crippen LogP contribution in [-0.2, 0) is 0 Å². The van der Waals surface area contributed by atoms with E-state index in [1.807, 2.05) is 24.3 Å². The maximum atomic E-state index is 12.3. The molecule has 3 rings (SSSR count). The van der Waals surface area contributed by atoms with Gasteiger partial charge in [0.05, 0.1) is 0 Å². The highest BCUT2D eigenvalue weighted by molar-refractivity contribution is 6.31. The lowest BCUT2D eigenvalue weighted by Crippen LogP contribution is -2.38. The third kappa shape index (κ3) is 3.22. The van der Waals surface area contributed by atoms with Gasteiger partial charge in [-0.2, -0.15) is 0 Å². The van der Waals surface area contributed by atoms with Gasteiger partial charge in [-0.1, -0.05) is 17.7 Å². The first-order valence-electron chi connectivity index (χ1n) is 7.35. The Bertz CT molecular complexity index is 645. The first-order valence-corrected chi connectivity index (χ1v) is 7.73. The lowest BCUT2D eigenvalue weighted by atomic mass is 9.86. The van der Waals surface area contributed by atoms with E-state index >= 15 is 0 Å². The predicted molar refractivity (Wildman–Crippen MR) is 83.6 cm³/mol. The minimum Gasteiger partial charge on any atom is -0.396 e. The van der Waals surface area contributed by atoms with E-state index in [1.165, 1.54) is 0 Å². The molecule has 0 spiro atoms. The number of aliphatic hydroxyl groups excluding tert-OH is 1. The van der Waals surface area contributed by atoms with Crippen molar-refractivity contribution in [2.24, 2.45) is 5.92 Å². The fourth-order valence-electron chi connectivity index (χ4n) is 2.97. The molecule has 112 valence electrons. The number of halogens is 1. The molecule has 0 atom stereocenters. The van der Waals surface area contributed by atoms with Crippen LogP contribution in [0.1, 0.15) is 36.2 Å². The summed E-state index contributed by atoms with van der Waals surface area (Å²) in [5.41, 5.74) is 1.44. The zero-order chi connectivity index (χ0) is 14.8. The SMILES string of the molecule is O=C(NC1CCC(CO)CC1)c1cc2ccc(Cl)cc2[nH]1. The average Bonchev–Trinajstić information content (AvgIpc) is 2.91. The average molecular weight is 307 g/mol. The number of aromatic amines is 1. The van der Waals surface area contributed by atoms with Crippen LogP contribution in [-0.4, -0.2) is 28.6 Å². The zero-order valence-corrected chi connectivity index (χ0v) is 12.5. The molecule has 4 nitrogen and oxygen atoms in total. The van der Waals surface area contributed by atoms with E-state index in [0.717, 1.165) is 36.6 Å². The van der Waals surface area contributed by atoms with Gasteiger partial charge < -0.3 is 15.4 Å². The number of benzene rings is 1. The van der Waals surface area contributed by atoms with E-state index in [4.69, 9.17) is 16.7 Å². The Labute approximate surface area is 128 Å². The lowest BCUT2D eigenvalue weighted by Gasteiger charge is -2.27. The number of fused-ring (bicyclic) bond motifs is 1. The number of hydrogen-bond acceptors (Lipinski definition) is 2. The molecule has 0 bridgehead atoms. The number of rotatable bonds is 3. The highest BCUT2D eigenvalue weighted by Gasteiger charge is 2.22. The van der Waals surface area contributed by atoms with Crippen molar-refractivity contribution in [2.45, 2.75) is 31.7 Å². The highest BCUT2D eigenvalue weighted by Crippen LogP contribution is 2.24. The van der Waals surface area contributed by atoms with Gasteiger partial charge in [0.15, 0.2) is 0 Å². The number of H-pyrrole nitrogens is 1. The molecule has 0 aliphatic heterocycles. The van der Waals surface area contributed by atoms with Crippen LogP contribution in [0, 0.1) is 5.92 Å². The Morgan fingerprint density at radius 1 is 1.29 bits per heavy atom. The van der Waals surface area contributed by atoms with Crippen LogP contribution in [0.5, 0.6) is 0 Å². The second-order valence-corrected chi connectivity index (χ2v) is 6.22. The van der Waals surface area contributed by atoms with Crippen molar-refractivity contribution < 1.29 is 9.90 Å². The van der Waals surface area contributed by atoms with Crippen molar-refractivity contribution in [3.63, 3.8) is 0 Å². The summed E-state index contributed by atoms with van der Waals surface area (Å²) in [6.07, 6.45) is 3.82. The van der Waals surface area contributed by atoms with Gasteiger partial charge in [-0.15, -0.1) is 0 Å². The van der Waals surface area contributed by atoms with Crippen LogP contribution in [0.3, 0.4) is 0 Å². The van der Waals surface area contributed by atoms with E-state index < -0.39 is 0 Å². The van der Waals surface area contributed by atoms with Gasteiger partial charge >= 0.3 is 0 Å². The second-order valence-electron chi connectivity index (χ2n) is 5.79. The molecule has 0 radical (unpaired) electrons. The summed E-state index contributed by atoms with van der Waals surface area (Å²) < 4.78 is 0. The third-order valence-electron chi connectivity index (χ3n) is 4.27. The Hall–Kier alpha value is -1.52. The maximum Gasteiger partial charge on any atom is 0.267 e. The highest BCUT2D eigenvalue weighted by atomic mass is 35.5. The van der Waals surface area contributed by atoms with Crippen LogP contribution >= 0.6 is 11.6 Å². The van der Waals surface area contributed by atoms with E-state index in [0.29, 0.717) is 16.6 Å². The first kappa shape index (κ1) is 14.4. The van der Waals surface area contributed by atoms with Crippen molar-refractivity contribution in [3.05, 3.63) is 35.0 Å². The number of hydrogen-bond donors (Lipinski definition) is 3. The monoisotopic (exact) mass is 306 g/mol. The number of carbonyl (C=O) groups is 1. The molecule has 2 aromatic rings. The molecule has 1 aliphatic rings. The molecule has 1 heterocycles. The molecule has 1 saturated carbocycles. The zero-order valence-electron chi connectivity index (χ0n) is 11.7. The quantitative estimate of drug-likeness (QED) is 0.816. The van der Waals surface area contributed by atoms with Crippen molar-refractivity contribution in [2.75, 3.05) is 6.61 Å². The lowest BCUT2D eigenvalue weighted by molar-refractivity contribution is 0.0910.